The summed E-state index contributed by atoms with van der Waals surface area (Å²) >= 11 is 6.08. The minimum absolute atomic E-state index is 0.0183. The van der Waals surface area contributed by atoms with Gasteiger partial charge in [0.25, 0.3) is 0 Å². The predicted octanol–water partition coefficient (Wildman–Crippen LogP) is 4.77. The normalized spacial score (nSPS) is 17.0. The first-order chi connectivity index (χ1) is 13.5. The molecule has 1 aliphatic heterocycles. The van der Waals surface area contributed by atoms with Crippen LogP contribution in [0.25, 0.3) is 10.9 Å². The number of hydrogen-bond donors (Lipinski definition) is 1. The Morgan fingerprint density at radius 2 is 1.96 bits per heavy atom. The molecule has 2 heterocycles. The van der Waals surface area contributed by atoms with Gasteiger partial charge in [-0.15, -0.1) is 0 Å². The molecule has 4 rings (SSSR count). The molecular formula is C21H20ClFN4O. The summed E-state index contributed by atoms with van der Waals surface area (Å²) in [5, 5.41) is 4.54. The maximum absolute atomic E-state index is 13.0. The van der Waals surface area contributed by atoms with Crippen molar-refractivity contribution in [3.05, 3.63) is 65.6 Å². The van der Waals surface area contributed by atoms with E-state index in [0.717, 1.165) is 16.6 Å². The molecule has 1 unspecified atom stereocenters. The number of amides is 2. The summed E-state index contributed by atoms with van der Waals surface area (Å²) in [5.74, 6) is -0.328. The molecular weight excluding hydrogens is 379 g/mol. The zero-order chi connectivity index (χ0) is 19.7. The maximum Gasteiger partial charge on any atom is 0.322 e. The average molecular weight is 399 g/mol. The fraction of sp³-hybridized carbons (Fsp3) is 0.238. The van der Waals surface area contributed by atoms with E-state index < -0.39 is 0 Å². The minimum Gasteiger partial charge on any atom is -0.367 e. The van der Waals surface area contributed by atoms with E-state index in [1.807, 2.05) is 31.2 Å². The zero-order valence-corrected chi connectivity index (χ0v) is 16.2. The highest BCUT2D eigenvalue weighted by atomic mass is 35.5. The number of fused-ring (bicyclic) bond motifs is 1. The third-order valence-electron chi connectivity index (χ3n) is 5.01. The number of rotatable bonds is 2. The molecule has 2 amide bonds. The van der Waals surface area contributed by atoms with Gasteiger partial charge in [0.2, 0.25) is 0 Å². The zero-order valence-electron chi connectivity index (χ0n) is 15.4. The molecule has 1 aromatic heterocycles. The molecule has 1 atom stereocenters. The van der Waals surface area contributed by atoms with E-state index in [1.54, 1.807) is 23.2 Å². The Labute approximate surface area is 167 Å². The van der Waals surface area contributed by atoms with Gasteiger partial charge >= 0.3 is 6.03 Å². The van der Waals surface area contributed by atoms with Crippen LogP contribution < -0.4 is 10.2 Å². The summed E-state index contributed by atoms with van der Waals surface area (Å²) < 4.78 is 13.0. The molecule has 144 valence electrons. The average Bonchev–Trinajstić information content (AvgIpc) is 2.69. The Kier molecular flexibility index (Phi) is 5.05. The molecule has 1 saturated heterocycles. The van der Waals surface area contributed by atoms with E-state index in [4.69, 9.17) is 11.6 Å². The quantitative estimate of drug-likeness (QED) is 0.676. The SMILES string of the molecule is CC1CN(c2ccnc3cc(Cl)ccc23)CCN1C(=O)Nc1ccc(F)cc1. The molecule has 0 radical (unpaired) electrons. The largest absolute Gasteiger partial charge is 0.367 e. The Morgan fingerprint density at radius 3 is 2.71 bits per heavy atom. The van der Waals surface area contributed by atoms with Gasteiger partial charge in [0.15, 0.2) is 0 Å². The van der Waals surface area contributed by atoms with E-state index in [-0.39, 0.29) is 17.9 Å². The van der Waals surface area contributed by atoms with Gasteiger partial charge in [-0.05, 0) is 55.5 Å². The van der Waals surface area contributed by atoms with Crippen LogP contribution in [0.4, 0.5) is 20.6 Å². The van der Waals surface area contributed by atoms with E-state index in [2.05, 4.69) is 15.2 Å². The summed E-state index contributed by atoms with van der Waals surface area (Å²) in [5.41, 5.74) is 2.53. The van der Waals surface area contributed by atoms with Gasteiger partial charge < -0.3 is 15.1 Å². The van der Waals surface area contributed by atoms with Crippen molar-refractivity contribution in [1.82, 2.24) is 9.88 Å². The molecule has 5 nitrogen and oxygen atoms in total. The highest BCUT2D eigenvalue weighted by Gasteiger charge is 2.28. The first-order valence-corrected chi connectivity index (χ1v) is 9.51. The van der Waals surface area contributed by atoms with E-state index in [0.29, 0.717) is 30.3 Å². The van der Waals surface area contributed by atoms with Gasteiger partial charge in [0.1, 0.15) is 5.82 Å². The minimum atomic E-state index is -0.328. The number of aromatic nitrogens is 1. The van der Waals surface area contributed by atoms with Crippen LogP contribution in [0, 0.1) is 5.82 Å². The molecule has 0 bridgehead atoms. The van der Waals surface area contributed by atoms with Crippen LogP contribution >= 0.6 is 11.6 Å². The second-order valence-electron chi connectivity index (χ2n) is 6.92. The van der Waals surface area contributed by atoms with Crippen molar-refractivity contribution in [2.45, 2.75) is 13.0 Å². The summed E-state index contributed by atoms with van der Waals surface area (Å²) in [6.45, 7) is 4.03. The number of pyridine rings is 1. The van der Waals surface area contributed by atoms with Crippen molar-refractivity contribution in [1.29, 1.82) is 0 Å². The molecule has 1 aliphatic rings. The Morgan fingerprint density at radius 1 is 1.18 bits per heavy atom. The number of anilines is 2. The van der Waals surface area contributed by atoms with Gasteiger partial charge in [0, 0.05) is 53.7 Å². The molecule has 0 spiro atoms. The van der Waals surface area contributed by atoms with Crippen molar-refractivity contribution < 1.29 is 9.18 Å². The smallest absolute Gasteiger partial charge is 0.322 e. The summed E-state index contributed by atoms with van der Waals surface area (Å²) in [6.07, 6.45) is 1.78. The second-order valence-corrected chi connectivity index (χ2v) is 7.35. The van der Waals surface area contributed by atoms with E-state index >= 15 is 0 Å². The number of carbonyl (C=O) groups excluding carboxylic acids is 1. The molecule has 7 heteroatoms. The van der Waals surface area contributed by atoms with Crippen molar-refractivity contribution in [2.24, 2.45) is 0 Å². The fourth-order valence-electron chi connectivity index (χ4n) is 3.59. The molecule has 2 aromatic carbocycles. The van der Waals surface area contributed by atoms with Crippen molar-refractivity contribution in [2.75, 3.05) is 29.9 Å². The third kappa shape index (κ3) is 3.73. The van der Waals surface area contributed by atoms with Crippen LogP contribution in [-0.4, -0.2) is 41.6 Å². The first-order valence-electron chi connectivity index (χ1n) is 9.13. The summed E-state index contributed by atoms with van der Waals surface area (Å²) in [7, 11) is 0. The van der Waals surface area contributed by atoms with E-state index in [1.165, 1.54) is 12.1 Å². The number of halogens is 2. The molecule has 3 aromatic rings. The lowest BCUT2D eigenvalue weighted by Crippen LogP contribution is -2.55. The van der Waals surface area contributed by atoms with E-state index in [9.17, 15) is 9.18 Å². The fourth-order valence-corrected chi connectivity index (χ4v) is 3.75. The second kappa shape index (κ2) is 7.64. The van der Waals surface area contributed by atoms with Gasteiger partial charge in [-0.1, -0.05) is 11.6 Å². The van der Waals surface area contributed by atoms with Gasteiger partial charge in [-0.3, -0.25) is 4.98 Å². The number of carbonyl (C=O) groups is 1. The van der Waals surface area contributed by atoms with Crippen molar-refractivity contribution in [3.63, 3.8) is 0 Å². The monoisotopic (exact) mass is 398 g/mol. The van der Waals surface area contributed by atoms with Crippen LogP contribution in [-0.2, 0) is 0 Å². The summed E-state index contributed by atoms with van der Waals surface area (Å²) in [6, 6.07) is 13.3. The lowest BCUT2D eigenvalue weighted by molar-refractivity contribution is 0.185. The van der Waals surface area contributed by atoms with Crippen LogP contribution in [0.3, 0.4) is 0 Å². The predicted molar refractivity (Wildman–Crippen MR) is 111 cm³/mol. The lowest BCUT2D eigenvalue weighted by Gasteiger charge is -2.41. The number of nitrogens with one attached hydrogen (secondary N) is 1. The molecule has 1 fully saturated rings. The topological polar surface area (TPSA) is 48.5 Å². The third-order valence-corrected chi connectivity index (χ3v) is 5.24. The van der Waals surface area contributed by atoms with Crippen molar-refractivity contribution >= 4 is 39.9 Å². The van der Waals surface area contributed by atoms with Crippen molar-refractivity contribution in [3.8, 4) is 0 Å². The first kappa shape index (κ1) is 18.5. The highest BCUT2D eigenvalue weighted by molar-refractivity contribution is 6.31. The highest BCUT2D eigenvalue weighted by Crippen LogP contribution is 2.29. The molecule has 1 N–H and O–H groups in total. The molecule has 0 saturated carbocycles. The molecule has 0 aliphatic carbocycles. The number of hydrogen-bond acceptors (Lipinski definition) is 3. The Balaban J connectivity index is 1.48. The van der Waals surface area contributed by atoms with Crippen LogP contribution in [0.2, 0.25) is 5.02 Å². The standard InChI is InChI=1S/C21H20ClFN4O/c1-14-13-26(20-8-9-24-19-12-15(22)2-7-18(19)20)10-11-27(14)21(28)25-17-5-3-16(23)4-6-17/h2-9,12,14H,10-11,13H2,1H3,(H,25,28). The molecule has 28 heavy (non-hydrogen) atoms. The van der Waals surface area contributed by atoms with Gasteiger partial charge in [-0.2, -0.15) is 0 Å². The summed E-state index contributed by atoms with van der Waals surface area (Å²) in [4.78, 5) is 21.1. The Bertz CT molecular complexity index is 1010. The number of urea groups is 1. The number of piperazine rings is 1. The number of nitrogens with zero attached hydrogens (tertiary/aromatic N) is 3. The maximum atomic E-state index is 13.0. The Hall–Kier alpha value is -2.86. The number of benzene rings is 2. The lowest BCUT2D eigenvalue weighted by atomic mass is 10.1. The van der Waals surface area contributed by atoms with Gasteiger partial charge in [-0.25, -0.2) is 9.18 Å². The van der Waals surface area contributed by atoms with Crippen LogP contribution in [0.15, 0.2) is 54.7 Å². The van der Waals surface area contributed by atoms with Crippen LogP contribution in [0.5, 0.6) is 0 Å². The van der Waals surface area contributed by atoms with Crippen LogP contribution in [0.1, 0.15) is 6.92 Å². The van der Waals surface area contributed by atoms with Gasteiger partial charge in [0.05, 0.1) is 5.52 Å².